The monoisotopic (exact) mass is 487 g/mol. The van der Waals surface area contributed by atoms with Crippen molar-refractivity contribution in [2.45, 2.75) is 108 Å². The lowest BCUT2D eigenvalue weighted by Crippen LogP contribution is -2.32. The molecule has 0 amide bonds. The Morgan fingerprint density at radius 1 is 0.903 bits per heavy atom. The van der Waals surface area contributed by atoms with Crippen LogP contribution in [0.25, 0.3) is 0 Å². The highest BCUT2D eigenvalue weighted by molar-refractivity contribution is 8.00. The predicted molar refractivity (Wildman–Crippen MR) is 132 cm³/mol. The Morgan fingerprint density at radius 3 is 2.10 bits per heavy atom. The number of hydrogen-bond acceptors (Lipinski definition) is 8. The predicted octanol–water partition coefficient (Wildman–Crippen LogP) is 6.07. The first-order valence-corrected chi connectivity index (χ1v) is 19.1. The number of hydrogen-bond donors (Lipinski definition) is 0. The molecular weight excluding hydrogens is 446 g/mol. The third-order valence-electron chi connectivity index (χ3n) is 4.03. The van der Waals surface area contributed by atoms with E-state index in [0.717, 1.165) is 19.3 Å². The van der Waals surface area contributed by atoms with Crippen LogP contribution in [0.4, 0.5) is 0 Å². The van der Waals surface area contributed by atoms with Crippen molar-refractivity contribution in [2.24, 2.45) is 0 Å². The quantitative estimate of drug-likeness (QED) is 0.127. The van der Waals surface area contributed by atoms with Gasteiger partial charge in [0.25, 0.3) is 0 Å². The molecule has 0 saturated heterocycles. The van der Waals surface area contributed by atoms with Crippen LogP contribution < -0.4 is 8.85 Å². The largest absolute Gasteiger partial charge is 0.529 e. The van der Waals surface area contributed by atoms with Gasteiger partial charge in [0, 0.05) is 0 Å². The first-order chi connectivity index (χ1) is 14.4. The maximum absolute atomic E-state index is 12.6. The van der Waals surface area contributed by atoms with Crippen LogP contribution in [0.15, 0.2) is 5.03 Å². The van der Waals surface area contributed by atoms with Crippen molar-refractivity contribution in [1.29, 1.82) is 0 Å². The molecule has 1 unspecified atom stereocenters. The van der Waals surface area contributed by atoms with Crippen LogP contribution >= 0.6 is 11.8 Å². The highest BCUT2D eigenvalue weighted by Crippen LogP contribution is 2.34. The molecule has 10 heteroatoms. The number of carbonyl (C=O) groups excluding carboxylic acids is 1. The summed E-state index contributed by atoms with van der Waals surface area (Å²) in [4.78, 5) is 17.1. The van der Waals surface area contributed by atoms with Gasteiger partial charge in [-0.25, -0.2) is 0 Å². The lowest BCUT2D eigenvalue weighted by atomic mass is 10.1. The van der Waals surface area contributed by atoms with Crippen LogP contribution in [0.3, 0.4) is 0 Å². The second-order valence-electron chi connectivity index (χ2n) is 9.55. The molecule has 178 valence electrons. The first kappa shape index (κ1) is 27.9. The number of carbonyl (C=O) groups is 1. The second kappa shape index (κ2) is 13.4. The van der Waals surface area contributed by atoms with Crippen molar-refractivity contribution in [3.63, 3.8) is 0 Å². The van der Waals surface area contributed by atoms with E-state index >= 15 is 0 Å². The van der Waals surface area contributed by atoms with Gasteiger partial charge in [-0.15, -0.1) is 5.10 Å². The summed E-state index contributed by atoms with van der Waals surface area (Å²) in [5.74, 6) is 0.189. The summed E-state index contributed by atoms with van der Waals surface area (Å²) in [7, 11) is -3.83. The summed E-state index contributed by atoms with van der Waals surface area (Å²) in [5, 5.41) is 8.66. The number of esters is 1. The molecule has 0 saturated carbocycles. The third-order valence-corrected chi connectivity index (χ3v) is 6.82. The number of unbranched alkanes of at least 4 members (excludes halogenated alkanes) is 5. The molecule has 0 radical (unpaired) electrons. The van der Waals surface area contributed by atoms with E-state index in [0.29, 0.717) is 17.5 Å². The zero-order chi connectivity index (χ0) is 23.5. The van der Waals surface area contributed by atoms with E-state index in [4.69, 9.17) is 13.6 Å². The third kappa shape index (κ3) is 12.5. The van der Waals surface area contributed by atoms with Crippen LogP contribution in [0.5, 0.6) is 11.9 Å². The van der Waals surface area contributed by atoms with E-state index in [1.165, 1.54) is 37.4 Å². The van der Waals surface area contributed by atoms with Gasteiger partial charge in [0.1, 0.15) is 5.25 Å². The van der Waals surface area contributed by atoms with Gasteiger partial charge in [-0.05, 0) is 52.6 Å². The smallest absolute Gasteiger partial charge is 0.325 e. The average Bonchev–Trinajstić information content (AvgIpc) is 2.62. The average molecular weight is 488 g/mol. The molecule has 7 nitrogen and oxygen atoms in total. The van der Waals surface area contributed by atoms with E-state index in [-0.39, 0.29) is 17.2 Å². The highest BCUT2D eigenvalue weighted by atomic mass is 32.2. The van der Waals surface area contributed by atoms with Crippen molar-refractivity contribution < 1.29 is 18.4 Å². The summed E-state index contributed by atoms with van der Waals surface area (Å²) in [6.45, 7) is 16.8. The first-order valence-electron chi connectivity index (χ1n) is 11.4. The number of thioether (sulfide) groups is 1. The van der Waals surface area contributed by atoms with E-state index in [1.54, 1.807) is 0 Å². The van der Waals surface area contributed by atoms with Crippen molar-refractivity contribution in [3.05, 3.63) is 0 Å². The summed E-state index contributed by atoms with van der Waals surface area (Å²) >= 11 is 1.34. The molecule has 1 rings (SSSR count). The number of ether oxygens (including phenoxy) is 1. The molecule has 31 heavy (non-hydrogen) atoms. The Kier molecular flexibility index (Phi) is 12.1. The Labute approximate surface area is 194 Å². The van der Waals surface area contributed by atoms with Crippen molar-refractivity contribution in [2.75, 3.05) is 6.61 Å². The van der Waals surface area contributed by atoms with Gasteiger partial charge in [0.2, 0.25) is 22.5 Å². The zero-order valence-corrected chi connectivity index (χ0v) is 23.4. The topological polar surface area (TPSA) is 83.4 Å². The molecule has 0 aromatic carbocycles. The molecule has 0 spiro atoms. The van der Waals surface area contributed by atoms with Crippen LogP contribution in [0.2, 0.25) is 39.3 Å². The van der Waals surface area contributed by atoms with Crippen LogP contribution in [0, 0.1) is 0 Å². The molecule has 1 aromatic heterocycles. The molecule has 0 aliphatic heterocycles. The summed E-state index contributed by atoms with van der Waals surface area (Å²) in [6, 6.07) is 0.236. The maximum Gasteiger partial charge on any atom is 0.325 e. The molecular formula is C21H41N3O4SSi2. The van der Waals surface area contributed by atoms with E-state index in [9.17, 15) is 4.79 Å². The van der Waals surface area contributed by atoms with Gasteiger partial charge in [-0.2, -0.15) is 4.98 Å². The van der Waals surface area contributed by atoms with Crippen LogP contribution in [-0.4, -0.2) is 49.6 Å². The molecule has 1 atom stereocenters. The molecule has 1 aromatic rings. The highest BCUT2D eigenvalue weighted by Gasteiger charge is 2.28. The van der Waals surface area contributed by atoms with Crippen LogP contribution in [-0.2, 0) is 9.53 Å². The zero-order valence-electron chi connectivity index (χ0n) is 20.6. The van der Waals surface area contributed by atoms with Crippen molar-refractivity contribution in [3.8, 4) is 11.9 Å². The fourth-order valence-corrected chi connectivity index (χ4v) is 5.17. The molecule has 0 fully saturated rings. The lowest BCUT2D eigenvalue weighted by Gasteiger charge is -2.22. The minimum atomic E-state index is -1.95. The Morgan fingerprint density at radius 2 is 1.52 bits per heavy atom. The normalized spacial score (nSPS) is 13.0. The minimum absolute atomic E-state index is 0.218. The maximum atomic E-state index is 12.6. The molecule has 1 heterocycles. The Balaban J connectivity index is 2.99. The van der Waals surface area contributed by atoms with Crippen molar-refractivity contribution in [1.82, 2.24) is 15.2 Å². The van der Waals surface area contributed by atoms with Gasteiger partial charge < -0.3 is 13.6 Å². The number of nitrogens with zero attached hydrogens (tertiary/aromatic N) is 3. The molecule has 0 aliphatic carbocycles. The molecule has 0 N–H and O–H groups in total. The summed E-state index contributed by atoms with van der Waals surface area (Å²) in [5.41, 5.74) is 0. The fraction of sp³-hybridized carbons (Fsp3) is 0.810. The van der Waals surface area contributed by atoms with Gasteiger partial charge in [0.15, 0.2) is 5.03 Å². The van der Waals surface area contributed by atoms with Gasteiger partial charge >= 0.3 is 12.0 Å². The number of rotatable bonds is 15. The van der Waals surface area contributed by atoms with E-state index in [1.807, 2.05) is 6.92 Å². The van der Waals surface area contributed by atoms with Gasteiger partial charge in [-0.3, -0.25) is 4.79 Å². The van der Waals surface area contributed by atoms with Crippen LogP contribution in [0.1, 0.15) is 58.8 Å². The van der Waals surface area contributed by atoms with Gasteiger partial charge in [0.05, 0.1) is 6.61 Å². The van der Waals surface area contributed by atoms with Gasteiger partial charge in [-0.1, -0.05) is 62.3 Å². The standard InChI is InChI=1S/C21H41N3O4SSi2/c1-9-11-12-13-14-15-16-17(20(25)26-10-2)29-19-18(27-30(3,4)5)22-21(24-23-19)28-31(6,7)8/h17H,9-16H2,1-8H3. The second-order valence-corrected chi connectivity index (χ2v) is 19.6. The number of aromatic nitrogens is 3. The van der Waals surface area contributed by atoms with E-state index in [2.05, 4.69) is 61.4 Å². The fourth-order valence-electron chi connectivity index (χ4n) is 2.74. The summed E-state index contributed by atoms with van der Waals surface area (Å²) < 4.78 is 17.4. The van der Waals surface area contributed by atoms with E-state index < -0.39 is 16.6 Å². The molecule has 0 aliphatic rings. The summed E-state index contributed by atoms with van der Waals surface area (Å²) in [6.07, 6.45) is 7.75. The Bertz CT molecular complexity index is 682. The Hall–Kier alpha value is -1.14. The SMILES string of the molecule is CCCCCCCCC(Sc1nnc(O[Si](C)(C)C)nc1O[Si](C)(C)C)C(=O)OCC. The minimum Gasteiger partial charge on any atom is -0.529 e. The lowest BCUT2D eigenvalue weighted by molar-refractivity contribution is -0.142. The molecule has 0 bridgehead atoms. The van der Waals surface area contributed by atoms with Crippen molar-refractivity contribution >= 4 is 34.4 Å².